The van der Waals surface area contributed by atoms with Gasteiger partial charge in [-0.3, -0.25) is 4.79 Å². The number of halogens is 1. The van der Waals surface area contributed by atoms with Crippen LogP contribution in [0.2, 0.25) is 5.02 Å². The third-order valence-corrected chi connectivity index (χ3v) is 4.70. The molecule has 0 bridgehead atoms. The second kappa shape index (κ2) is 9.06. The molecule has 0 spiro atoms. The maximum Gasteiger partial charge on any atom is 0.255 e. The van der Waals surface area contributed by atoms with Crippen molar-refractivity contribution in [3.05, 3.63) is 52.7 Å². The highest BCUT2D eigenvalue weighted by Gasteiger charge is 2.20. The van der Waals surface area contributed by atoms with Crippen molar-refractivity contribution in [3.63, 3.8) is 0 Å². The maximum atomic E-state index is 12.5. The minimum absolute atomic E-state index is 0.0174. The summed E-state index contributed by atoms with van der Waals surface area (Å²) in [5.74, 6) is 1.30. The summed E-state index contributed by atoms with van der Waals surface area (Å²) in [6.45, 7) is 6.90. The average Bonchev–Trinajstić information content (AvgIpc) is 2.70. The largest absolute Gasteiger partial charge is 0.494 e. The van der Waals surface area contributed by atoms with E-state index < -0.39 is 0 Å². The molecule has 2 aromatic rings. The molecule has 1 saturated heterocycles. The van der Waals surface area contributed by atoms with Crippen molar-refractivity contribution in [2.45, 2.75) is 19.9 Å². The topological polar surface area (TPSA) is 63.7 Å². The van der Waals surface area contributed by atoms with E-state index in [-0.39, 0.29) is 11.9 Å². The number of carbonyl (C=O) groups excluding carboxylic acids is 1. The summed E-state index contributed by atoms with van der Waals surface area (Å²) in [5.41, 5.74) is 1.55. The number of hydrogen-bond acceptors (Lipinski definition) is 5. The lowest BCUT2D eigenvalue weighted by Gasteiger charge is -2.27. The molecule has 1 atom stereocenters. The van der Waals surface area contributed by atoms with Gasteiger partial charge in [-0.2, -0.15) is 0 Å². The lowest BCUT2D eigenvalue weighted by atomic mass is 10.1. The Morgan fingerprint density at radius 3 is 2.85 bits per heavy atom. The molecule has 1 aromatic heterocycles. The van der Waals surface area contributed by atoms with Gasteiger partial charge in [0, 0.05) is 19.3 Å². The lowest BCUT2D eigenvalue weighted by Crippen LogP contribution is -2.40. The number of ether oxygens (including phenoxy) is 2. The van der Waals surface area contributed by atoms with Crippen LogP contribution < -0.4 is 10.1 Å². The first kappa shape index (κ1) is 19.5. The van der Waals surface area contributed by atoms with Crippen LogP contribution in [0, 0.1) is 0 Å². The smallest absolute Gasteiger partial charge is 0.255 e. The molecule has 1 N–H and O–H groups in total. The summed E-state index contributed by atoms with van der Waals surface area (Å²) in [6, 6.07) is 9.54. The van der Waals surface area contributed by atoms with E-state index in [2.05, 4.69) is 10.3 Å². The number of nitrogens with zero attached hydrogens (tertiary/aromatic N) is 2. The van der Waals surface area contributed by atoms with Gasteiger partial charge in [0.05, 0.1) is 36.4 Å². The Morgan fingerprint density at radius 2 is 2.15 bits per heavy atom. The summed E-state index contributed by atoms with van der Waals surface area (Å²) in [4.78, 5) is 18.7. The number of aromatic nitrogens is 1. The number of morpholine rings is 1. The number of amides is 1. The van der Waals surface area contributed by atoms with E-state index in [1.807, 2.05) is 38.1 Å². The standard InChI is InChI=1S/C20H24ClN3O3/c1-3-27-17-6-4-5-15(11-17)14(2)23-19-18(21)12-16(13-22-19)20(25)24-7-9-26-10-8-24/h4-6,11-14H,3,7-10H2,1-2H3,(H,22,23). The van der Waals surface area contributed by atoms with E-state index in [1.165, 1.54) is 0 Å². The van der Waals surface area contributed by atoms with Crippen molar-refractivity contribution >= 4 is 23.3 Å². The van der Waals surface area contributed by atoms with E-state index in [1.54, 1.807) is 17.2 Å². The minimum atomic E-state index is -0.0725. The lowest BCUT2D eigenvalue weighted by molar-refractivity contribution is 0.0302. The molecule has 144 valence electrons. The fourth-order valence-corrected chi connectivity index (χ4v) is 3.16. The highest BCUT2D eigenvalue weighted by Crippen LogP contribution is 2.27. The third kappa shape index (κ3) is 4.90. The van der Waals surface area contributed by atoms with Crippen LogP contribution >= 0.6 is 11.6 Å². The fourth-order valence-electron chi connectivity index (χ4n) is 2.94. The van der Waals surface area contributed by atoms with E-state index in [0.29, 0.717) is 49.3 Å². The number of benzene rings is 1. The van der Waals surface area contributed by atoms with Crippen molar-refractivity contribution in [3.8, 4) is 5.75 Å². The van der Waals surface area contributed by atoms with Crippen molar-refractivity contribution in [2.75, 3.05) is 38.2 Å². The summed E-state index contributed by atoms with van der Waals surface area (Å²) >= 11 is 6.38. The molecule has 0 aliphatic carbocycles. The summed E-state index contributed by atoms with van der Waals surface area (Å²) in [5, 5.41) is 3.72. The molecule has 1 aromatic carbocycles. The number of anilines is 1. The number of hydrogen-bond donors (Lipinski definition) is 1. The zero-order valence-corrected chi connectivity index (χ0v) is 16.3. The normalized spacial score (nSPS) is 15.3. The monoisotopic (exact) mass is 389 g/mol. The van der Waals surface area contributed by atoms with Crippen LogP contribution in [0.25, 0.3) is 0 Å². The van der Waals surface area contributed by atoms with Crippen molar-refractivity contribution in [1.29, 1.82) is 0 Å². The van der Waals surface area contributed by atoms with E-state index in [4.69, 9.17) is 21.1 Å². The van der Waals surface area contributed by atoms with Gasteiger partial charge in [0.2, 0.25) is 0 Å². The Hall–Kier alpha value is -2.31. The van der Waals surface area contributed by atoms with Crippen LogP contribution in [0.15, 0.2) is 36.5 Å². The van der Waals surface area contributed by atoms with Crippen molar-refractivity contribution in [2.24, 2.45) is 0 Å². The van der Waals surface area contributed by atoms with Crippen LogP contribution in [0.4, 0.5) is 5.82 Å². The zero-order valence-electron chi connectivity index (χ0n) is 15.6. The molecule has 0 saturated carbocycles. The summed E-state index contributed by atoms with van der Waals surface area (Å²) in [7, 11) is 0. The molecule has 1 amide bonds. The minimum Gasteiger partial charge on any atom is -0.494 e. The number of pyridine rings is 1. The SMILES string of the molecule is CCOc1cccc(C(C)Nc2ncc(C(=O)N3CCOCC3)cc2Cl)c1. The molecule has 7 heteroatoms. The molecular formula is C20H24ClN3O3. The predicted molar refractivity (Wildman–Crippen MR) is 106 cm³/mol. The van der Waals surface area contributed by atoms with E-state index in [9.17, 15) is 4.79 Å². The van der Waals surface area contributed by atoms with Crippen LogP contribution in [0.3, 0.4) is 0 Å². The van der Waals surface area contributed by atoms with Crippen LogP contribution in [0.1, 0.15) is 35.8 Å². The highest BCUT2D eigenvalue weighted by atomic mass is 35.5. The molecule has 2 heterocycles. The Morgan fingerprint density at radius 1 is 1.37 bits per heavy atom. The molecule has 0 radical (unpaired) electrons. The molecule has 27 heavy (non-hydrogen) atoms. The zero-order chi connectivity index (χ0) is 19.2. The molecule has 6 nitrogen and oxygen atoms in total. The van der Waals surface area contributed by atoms with Gasteiger partial charge in [0.15, 0.2) is 0 Å². The third-order valence-electron chi connectivity index (χ3n) is 4.41. The first-order valence-corrected chi connectivity index (χ1v) is 9.48. The highest BCUT2D eigenvalue weighted by molar-refractivity contribution is 6.33. The van der Waals surface area contributed by atoms with E-state index >= 15 is 0 Å². The van der Waals surface area contributed by atoms with E-state index in [0.717, 1.165) is 11.3 Å². The molecule has 3 rings (SSSR count). The van der Waals surface area contributed by atoms with Gasteiger partial charge in [0.25, 0.3) is 5.91 Å². The van der Waals surface area contributed by atoms with Gasteiger partial charge in [-0.25, -0.2) is 4.98 Å². The Bertz CT molecular complexity index is 794. The number of nitrogens with one attached hydrogen (secondary N) is 1. The van der Waals surface area contributed by atoms with Gasteiger partial charge in [-0.05, 0) is 37.6 Å². The van der Waals surface area contributed by atoms with Crippen LogP contribution in [0.5, 0.6) is 5.75 Å². The molecular weight excluding hydrogens is 366 g/mol. The van der Waals surface area contributed by atoms with Crippen LogP contribution in [-0.4, -0.2) is 48.7 Å². The van der Waals surface area contributed by atoms with Gasteiger partial charge >= 0.3 is 0 Å². The van der Waals surface area contributed by atoms with Gasteiger partial charge in [-0.1, -0.05) is 23.7 Å². The predicted octanol–water partition coefficient (Wildman–Crippen LogP) is 3.78. The molecule has 1 aliphatic heterocycles. The first-order chi connectivity index (χ1) is 13.1. The van der Waals surface area contributed by atoms with Crippen molar-refractivity contribution in [1.82, 2.24) is 9.88 Å². The van der Waals surface area contributed by atoms with Gasteiger partial charge < -0.3 is 19.7 Å². The second-order valence-electron chi connectivity index (χ2n) is 6.33. The van der Waals surface area contributed by atoms with Crippen LogP contribution in [-0.2, 0) is 4.74 Å². The Kier molecular flexibility index (Phi) is 6.53. The molecule has 1 fully saturated rings. The number of rotatable bonds is 6. The molecule has 1 aliphatic rings. The quantitative estimate of drug-likeness (QED) is 0.814. The van der Waals surface area contributed by atoms with Gasteiger partial charge in [-0.15, -0.1) is 0 Å². The number of carbonyl (C=O) groups is 1. The maximum absolute atomic E-state index is 12.5. The van der Waals surface area contributed by atoms with Gasteiger partial charge in [0.1, 0.15) is 11.6 Å². The Labute approximate surface area is 164 Å². The summed E-state index contributed by atoms with van der Waals surface area (Å²) < 4.78 is 10.8. The molecule has 1 unspecified atom stereocenters. The summed E-state index contributed by atoms with van der Waals surface area (Å²) in [6.07, 6.45) is 1.56. The Balaban J connectivity index is 1.70. The average molecular weight is 390 g/mol. The second-order valence-corrected chi connectivity index (χ2v) is 6.74. The van der Waals surface area contributed by atoms with Crippen molar-refractivity contribution < 1.29 is 14.3 Å². The fraction of sp³-hybridized carbons (Fsp3) is 0.400. The first-order valence-electron chi connectivity index (χ1n) is 9.10.